The first kappa shape index (κ1) is 21.2. The number of nitrogens with zero attached hydrogens (tertiary/aromatic N) is 3. The molecular weight excluding hydrogens is 489 g/mol. The Morgan fingerprint density at radius 1 is 1.06 bits per heavy atom. The molecular formula is C26H23Cl2N3O2S. The summed E-state index contributed by atoms with van der Waals surface area (Å²) >= 11 is 14.8. The standard InChI is InChI=1S/C26H23Cl2N3O2S/c27-18-4-3-5-19(28)23(18)24-17(25(33-30-24)14-8-9-14)13-32-21-11-16-10-15(21)12-31(16)26-29-20-6-1-2-7-22(20)34-26/h1-7,14-16,21H,8-13H2/t15-,16-,21+/m1/s1. The highest BCUT2D eigenvalue weighted by molar-refractivity contribution is 7.22. The van der Waals surface area contributed by atoms with Gasteiger partial charge in [0.15, 0.2) is 5.13 Å². The zero-order valence-electron chi connectivity index (χ0n) is 18.4. The SMILES string of the molecule is Clc1cccc(Cl)c1-c1noc(C2CC2)c1CO[C@H]1C[C@H]2C[C@@H]1CN2c1nc2ccccc2s1. The van der Waals surface area contributed by atoms with Crippen LogP contribution in [0.2, 0.25) is 10.0 Å². The summed E-state index contributed by atoms with van der Waals surface area (Å²) in [5.74, 6) is 1.87. The Balaban J connectivity index is 1.10. The monoisotopic (exact) mass is 511 g/mol. The number of hydrogen-bond acceptors (Lipinski definition) is 6. The molecule has 174 valence electrons. The Bertz CT molecular complexity index is 1330. The fourth-order valence-electron chi connectivity index (χ4n) is 5.57. The molecule has 5 nitrogen and oxygen atoms in total. The number of para-hydroxylation sites is 1. The van der Waals surface area contributed by atoms with Crippen LogP contribution in [0.4, 0.5) is 5.13 Å². The number of fused-ring (bicyclic) bond motifs is 3. The van der Waals surface area contributed by atoms with Crippen molar-refractivity contribution in [3.8, 4) is 11.3 Å². The van der Waals surface area contributed by atoms with Gasteiger partial charge >= 0.3 is 0 Å². The van der Waals surface area contributed by atoms with Crippen molar-refractivity contribution < 1.29 is 9.26 Å². The molecule has 0 radical (unpaired) electrons. The number of thiazole rings is 1. The molecule has 3 atom stereocenters. The zero-order chi connectivity index (χ0) is 22.8. The summed E-state index contributed by atoms with van der Waals surface area (Å²) in [7, 11) is 0. The smallest absolute Gasteiger partial charge is 0.186 e. The maximum Gasteiger partial charge on any atom is 0.186 e. The lowest BCUT2D eigenvalue weighted by molar-refractivity contribution is 0.0123. The van der Waals surface area contributed by atoms with E-state index < -0.39 is 0 Å². The summed E-state index contributed by atoms with van der Waals surface area (Å²) in [4.78, 5) is 7.37. The number of halogens is 2. The minimum Gasteiger partial charge on any atom is -0.373 e. The number of anilines is 1. The zero-order valence-corrected chi connectivity index (χ0v) is 20.7. The van der Waals surface area contributed by atoms with Crippen molar-refractivity contribution in [3.63, 3.8) is 0 Å². The molecule has 0 N–H and O–H groups in total. The Morgan fingerprint density at radius 2 is 1.88 bits per heavy atom. The molecule has 34 heavy (non-hydrogen) atoms. The van der Waals surface area contributed by atoms with Gasteiger partial charge in [-0.3, -0.25) is 0 Å². The lowest BCUT2D eigenvalue weighted by atomic mass is 10.0. The summed E-state index contributed by atoms with van der Waals surface area (Å²) in [5, 5.41) is 6.69. The number of hydrogen-bond donors (Lipinski definition) is 0. The van der Waals surface area contributed by atoms with Gasteiger partial charge in [-0.05, 0) is 49.9 Å². The van der Waals surface area contributed by atoms with Gasteiger partial charge in [0.25, 0.3) is 0 Å². The quantitative estimate of drug-likeness (QED) is 0.271. The van der Waals surface area contributed by atoms with Gasteiger partial charge in [-0.1, -0.05) is 57.9 Å². The highest BCUT2D eigenvalue weighted by Crippen LogP contribution is 2.48. The fourth-order valence-corrected chi connectivity index (χ4v) is 7.19. The Morgan fingerprint density at radius 3 is 2.62 bits per heavy atom. The Kier molecular flexibility index (Phi) is 5.13. The van der Waals surface area contributed by atoms with Gasteiger partial charge in [-0.2, -0.15) is 0 Å². The van der Waals surface area contributed by atoms with Gasteiger partial charge in [0.2, 0.25) is 0 Å². The van der Waals surface area contributed by atoms with Gasteiger partial charge in [0.1, 0.15) is 11.5 Å². The number of benzene rings is 2. The van der Waals surface area contributed by atoms with Crippen LogP contribution < -0.4 is 4.90 Å². The van der Waals surface area contributed by atoms with Crippen LogP contribution in [0, 0.1) is 5.92 Å². The van der Waals surface area contributed by atoms with Crippen LogP contribution in [0.3, 0.4) is 0 Å². The molecule has 2 bridgehead atoms. The second-order valence-electron chi connectivity index (χ2n) is 9.60. The molecule has 2 aromatic heterocycles. The maximum absolute atomic E-state index is 6.56. The maximum atomic E-state index is 6.56. The van der Waals surface area contributed by atoms with Crippen molar-refractivity contribution in [2.75, 3.05) is 11.4 Å². The molecule has 7 rings (SSSR count). The Hall–Kier alpha value is -2.12. The minimum absolute atomic E-state index is 0.229. The minimum atomic E-state index is 0.229. The van der Waals surface area contributed by atoms with Crippen molar-refractivity contribution in [1.29, 1.82) is 0 Å². The van der Waals surface area contributed by atoms with Crippen LogP contribution in [0.25, 0.3) is 21.5 Å². The molecule has 1 saturated heterocycles. The van der Waals surface area contributed by atoms with Crippen molar-refractivity contribution >= 4 is 49.9 Å². The van der Waals surface area contributed by atoms with Crippen LogP contribution in [0.1, 0.15) is 42.9 Å². The molecule has 3 fully saturated rings. The molecule has 0 amide bonds. The third-order valence-corrected chi connectivity index (χ3v) is 9.12. The molecule has 0 unspecified atom stereocenters. The third kappa shape index (κ3) is 3.54. The first-order valence-electron chi connectivity index (χ1n) is 11.8. The molecule has 4 aromatic rings. The summed E-state index contributed by atoms with van der Waals surface area (Å²) in [6.07, 6.45) is 4.66. The predicted octanol–water partition coefficient (Wildman–Crippen LogP) is 7.32. The molecule has 0 spiro atoms. The van der Waals surface area contributed by atoms with Gasteiger partial charge < -0.3 is 14.2 Å². The van der Waals surface area contributed by atoms with Crippen molar-refractivity contribution in [2.45, 2.75) is 50.4 Å². The summed E-state index contributed by atoms with van der Waals surface area (Å²) < 4.78 is 13.6. The molecule has 2 aliphatic carbocycles. The molecule has 3 aliphatic rings. The van der Waals surface area contributed by atoms with Crippen LogP contribution in [0.15, 0.2) is 47.0 Å². The van der Waals surface area contributed by atoms with Crippen molar-refractivity contribution in [1.82, 2.24) is 10.1 Å². The van der Waals surface area contributed by atoms with E-state index in [1.54, 1.807) is 11.3 Å². The molecule has 3 heterocycles. The summed E-state index contributed by atoms with van der Waals surface area (Å²) in [6.45, 7) is 1.47. The van der Waals surface area contributed by atoms with Gasteiger partial charge in [-0.15, -0.1) is 0 Å². The van der Waals surface area contributed by atoms with E-state index >= 15 is 0 Å². The van der Waals surface area contributed by atoms with Gasteiger partial charge in [0, 0.05) is 35.5 Å². The highest BCUT2D eigenvalue weighted by Gasteiger charge is 2.46. The van der Waals surface area contributed by atoms with E-state index in [-0.39, 0.29) is 6.10 Å². The molecule has 1 aliphatic heterocycles. The van der Waals surface area contributed by atoms with E-state index in [1.165, 1.54) is 4.70 Å². The van der Waals surface area contributed by atoms with E-state index in [0.717, 1.165) is 65.5 Å². The lowest BCUT2D eigenvalue weighted by Gasteiger charge is -2.31. The van der Waals surface area contributed by atoms with Crippen LogP contribution in [-0.4, -0.2) is 28.8 Å². The second-order valence-corrected chi connectivity index (χ2v) is 11.4. The van der Waals surface area contributed by atoms with E-state index in [2.05, 4.69) is 34.3 Å². The second kappa shape index (κ2) is 8.23. The van der Waals surface area contributed by atoms with Crippen LogP contribution in [-0.2, 0) is 11.3 Å². The fraction of sp³-hybridized carbons (Fsp3) is 0.385. The van der Waals surface area contributed by atoms with Crippen LogP contribution in [0.5, 0.6) is 0 Å². The first-order valence-corrected chi connectivity index (χ1v) is 13.4. The Labute approximate surface area is 211 Å². The van der Waals surface area contributed by atoms with Crippen molar-refractivity contribution in [2.24, 2.45) is 5.92 Å². The first-order chi connectivity index (χ1) is 16.7. The van der Waals surface area contributed by atoms with E-state index in [0.29, 0.717) is 34.5 Å². The number of rotatable bonds is 6. The molecule has 2 saturated carbocycles. The molecule has 2 aromatic carbocycles. The van der Waals surface area contributed by atoms with Crippen LogP contribution >= 0.6 is 34.5 Å². The largest absolute Gasteiger partial charge is 0.373 e. The number of aromatic nitrogens is 2. The normalized spacial score (nSPS) is 23.9. The highest BCUT2D eigenvalue weighted by atomic mass is 35.5. The van der Waals surface area contributed by atoms with E-state index in [1.807, 2.05) is 18.2 Å². The summed E-state index contributed by atoms with van der Waals surface area (Å²) in [5.41, 5.74) is 3.54. The number of piperidine rings is 1. The lowest BCUT2D eigenvalue weighted by Crippen LogP contribution is -2.38. The number of ether oxygens (including phenoxy) is 1. The van der Waals surface area contributed by atoms with E-state index in [9.17, 15) is 0 Å². The van der Waals surface area contributed by atoms with Gasteiger partial charge in [-0.25, -0.2) is 4.98 Å². The van der Waals surface area contributed by atoms with Crippen molar-refractivity contribution in [3.05, 3.63) is 63.8 Å². The van der Waals surface area contributed by atoms with Gasteiger partial charge in [0.05, 0.1) is 33.0 Å². The third-order valence-electron chi connectivity index (χ3n) is 7.41. The van der Waals surface area contributed by atoms with E-state index in [4.69, 9.17) is 37.4 Å². The average Bonchev–Trinajstić information content (AvgIpc) is 3.17. The predicted molar refractivity (Wildman–Crippen MR) is 136 cm³/mol. The molecule has 8 heteroatoms. The average molecular weight is 512 g/mol. The topological polar surface area (TPSA) is 51.4 Å². The summed E-state index contributed by atoms with van der Waals surface area (Å²) in [6, 6.07) is 14.4.